The van der Waals surface area contributed by atoms with Gasteiger partial charge in [0.05, 0.1) is 12.3 Å². The smallest absolute Gasteiger partial charge is 0.0822 e. The number of benzene rings is 2. The molecule has 3 unspecified atom stereocenters. The lowest BCUT2D eigenvalue weighted by Crippen LogP contribution is -2.47. The van der Waals surface area contributed by atoms with Gasteiger partial charge in [-0.15, -0.1) is 11.3 Å². The first kappa shape index (κ1) is 15.5. The number of hydrogen-bond acceptors (Lipinski definition) is 4. The molecule has 0 saturated heterocycles. The Bertz CT molecular complexity index is 869. The second-order valence-electron chi connectivity index (χ2n) is 6.20. The van der Waals surface area contributed by atoms with Crippen molar-refractivity contribution in [2.75, 3.05) is 0 Å². The Balaban J connectivity index is 1.60. The number of nitrogens with two attached hydrogens (primary N) is 2. The van der Waals surface area contributed by atoms with Crippen LogP contribution in [0.5, 0.6) is 0 Å². The third-order valence-corrected chi connectivity index (χ3v) is 5.96. The molecule has 0 radical (unpaired) electrons. The number of hydrogen-bond donors (Lipinski definition) is 3. The lowest BCUT2D eigenvalue weighted by molar-refractivity contribution is 0.394. The van der Waals surface area contributed by atoms with Crippen molar-refractivity contribution in [1.29, 1.82) is 0 Å². The topological polar surface area (TPSA) is 64.1 Å². The molecule has 3 aromatic rings. The molecule has 0 spiro atoms. The zero-order chi connectivity index (χ0) is 16.5. The third kappa shape index (κ3) is 2.78. The van der Waals surface area contributed by atoms with Crippen molar-refractivity contribution >= 4 is 27.5 Å². The molecule has 4 heteroatoms. The van der Waals surface area contributed by atoms with Gasteiger partial charge < -0.3 is 11.5 Å². The molecular weight excluding hydrogens is 314 g/mol. The van der Waals surface area contributed by atoms with E-state index in [1.54, 1.807) is 0 Å². The summed E-state index contributed by atoms with van der Waals surface area (Å²) in [5.41, 5.74) is 15.2. The van der Waals surface area contributed by atoms with E-state index in [-0.39, 0.29) is 18.2 Å². The molecule has 4 rings (SSSR count). The monoisotopic (exact) mass is 335 g/mol. The lowest BCUT2D eigenvalue weighted by Gasteiger charge is -2.28. The second kappa shape index (κ2) is 6.49. The van der Waals surface area contributed by atoms with Crippen molar-refractivity contribution in [3.8, 4) is 0 Å². The van der Waals surface area contributed by atoms with E-state index in [9.17, 15) is 0 Å². The van der Waals surface area contributed by atoms with Gasteiger partial charge in [-0.1, -0.05) is 60.7 Å². The van der Waals surface area contributed by atoms with Crippen LogP contribution in [-0.4, -0.2) is 6.17 Å². The van der Waals surface area contributed by atoms with E-state index in [4.69, 9.17) is 11.5 Å². The highest BCUT2D eigenvalue weighted by molar-refractivity contribution is 7.19. The van der Waals surface area contributed by atoms with E-state index in [0.29, 0.717) is 0 Å². The third-order valence-electron chi connectivity index (χ3n) is 4.64. The zero-order valence-corrected chi connectivity index (χ0v) is 14.2. The molecule has 0 aliphatic heterocycles. The highest BCUT2D eigenvalue weighted by atomic mass is 32.1. The molecule has 122 valence electrons. The van der Waals surface area contributed by atoms with E-state index in [1.807, 2.05) is 41.7 Å². The predicted octanol–water partition coefficient (Wildman–Crippen LogP) is 3.93. The van der Waals surface area contributed by atoms with E-state index >= 15 is 0 Å². The Morgan fingerprint density at radius 2 is 1.75 bits per heavy atom. The van der Waals surface area contributed by atoms with Crippen LogP contribution in [0.1, 0.15) is 34.5 Å². The van der Waals surface area contributed by atoms with Crippen LogP contribution < -0.4 is 16.8 Å². The van der Waals surface area contributed by atoms with Crippen molar-refractivity contribution in [2.24, 2.45) is 11.5 Å². The Morgan fingerprint density at radius 1 is 1.00 bits per heavy atom. The van der Waals surface area contributed by atoms with Gasteiger partial charge in [0.25, 0.3) is 0 Å². The molecule has 3 nitrogen and oxygen atoms in total. The summed E-state index contributed by atoms with van der Waals surface area (Å²) < 4.78 is 1.32. The van der Waals surface area contributed by atoms with Gasteiger partial charge in [0.1, 0.15) is 0 Å². The van der Waals surface area contributed by atoms with Crippen LogP contribution in [0, 0.1) is 0 Å². The molecule has 0 fully saturated rings. The Morgan fingerprint density at radius 3 is 2.58 bits per heavy atom. The largest absolute Gasteiger partial charge is 0.315 e. The van der Waals surface area contributed by atoms with Crippen LogP contribution in [0.2, 0.25) is 0 Å². The van der Waals surface area contributed by atoms with E-state index in [0.717, 1.165) is 12.0 Å². The maximum Gasteiger partial charge on any atom is 0.0822 e. The predicted molar refractivity (Wildman–Crippen MR) is 103 cm³/mol. The van der Waals surface area contributed by atoms with Crippen molar-refractivity contribution in [2.45, 2.75) is 24.7 Å². The van der Waals surface area contributed by atoms with Crippen molar-refractivity contribution in [3.63, 3.8) is 0 Å². The first-order valence-corrected chi connectivity index (χ1v) is 9.06. The molecular formula is C20H21N3S. The Hall–Kier alpha value is -1.98. The summed E-state index contributed by atoms with van der Waals surface area (Å²) in [4.78, 5) is 1.36. The fourth-order valence-corrected chi connectivity index (χ4v) is 4.71. The first-order chi connectivity index (χ1) is 11.7. The first-order valence-electron chi connectivity index (χ1n) is 8.24. The maximum absolute atomic E-state index is 6.51. The van der Waals surface area contributed by atoms with Crippen LogP contribution >= 0.6 is 11.3 Å². The van der Waals surface area contributed by atoms with Crippen LogP contribution in [0.4, 0.5) is 0 Å². The quantitative estimate of drug-likeness (QED) is 0.633. The van der Waals surface area contributed by atoms with Crippen LogP contribution in [0.3, 0.4) is 0 Å². The minimum Gasteiger partial charge on any atom is -0.315 e. The fraction of sp³-hybridized carbons (Fsp3) is 0.200. The number of allylic oxidation sites excluding steroid dienone is 1. The highest BCUT2D eigenvalue weighted by Gasteiger charge is 2.27. The standard InChI is InChI=1S/C20H21N3S/c21-19(13-7-2-1-3-8-13)23-20(22)16-11-6-10-15-14-9-4-5-12-17(14)24-18(15)16/h1-10,12,16,19-20,23H,11,21-22H2. The molecule has 1 aliphatic rings. The molecule has 5 N–H and O–H groups in total. The van der Waals surface area contributed by atoms with E-state index < -0.39 is 0 Å². The van der Waals surface area contributed by atoms with Crippen LogP contribution in [0.25, 0.3) is 16.2 Å². The van der Waals surface area contributed by atoms with Gasteiger partial charge >= 0.3 is 0 Å². The van der Waals surface area contributed by atoms with Crippen LogP contribution in [0.15, 0.2) is 60.7 Å². The molecule has 2 aromatic carbocycles. The minimum atomic E-state index is -0.259. The van der Waals surface area contributed by atoms with Gasteiger partial charge in [-0.25, -0.2) is 0 Å². The molecule has 0 saturated carbocycles. The maximum atomic E-state index is 6.51. The van der Waals surface area contributed by atoms with Gasteiger partial charge in [-0.05, 0) is 29.0 Å². The van der Waals surface area contributed by atoms with Gasteiger partial charge in [0.2, 0.25) is 0 Å². The molecule has 0 amide bonds. The van der Waals surface area contributed by atoms with E-state index in [2.05, 4.69) is 41.7 Å². The average molecular weight is 335 g/mol. The summed E-state index contributed by atoms with van der Waals surface area (Å²) in [6.45, 7) is 0. The number of rotatable bonds is 4. The average Bonchev–Trinajstić information content (AvgIpc) is 3.01. The number of nitrogens with one attached hydrogen (secondary N) is 1. The molecule has 1 aromatic heterocycles. The minimum absolute atomic E-state index is 0.183. The zero-order valence-electron chi connectivity index (χ0n) is 13.4. The summed E-state index contributed by atoms with van der Waals surface area (Å²) >= 11 is 1.85. The normalized spacial score (nSPS) is 19.2. The summed E-state index contributed by atoms with van der Waals surface area (Å²) in [6, 6.07) is 18.6. The Labute approximate surface area is 146 Å². The van der Waals surface area contributed by atoms with Crippen LogP contribution in [-0.2, 0) is 0 Å². The van der Waals surface area contributed by atoms with Crippen molar-refractivity contribution < 1.29 is 0 Å². The molecule has 1 aliphatic carbocycles. The van der Waals surface area contributed by atoms with Crippen molar-refractivity contribution in [1.82, 2.24) is 5.32 Å². The van der Waals surface area contributed by atoms with Gasteiger partial charge in [0.15, 0.2) is 0 Å². The highest BCUT2D eigenvalue weighted by Crippen LogP contribution is 2.42. The van der Waals surface area contributed by atoms with E-state index in [1.165, 1.54) is 20.5 Å². The summed E-state index contributed by atoms with van der Waals surface area (Å²) in [5, 5.41) is 4.70. The fourth-order valence-electron chi connectivity index (χ4n) is 3.36. The van der Waals surface area contributed by atoms with Gasteiger partial charge in [0, 0.05) is 15.5 Å². The summed E-state index contributed by atoms with van der Waals surface area (Å²) in [6.07, 6.45) is 4.95. The molecule has 0 bridgehead atoms. The summed E-state index contributed by atoms with van der Waals surface area (Å²) in [7, 11) is 0. The molecule has 24 heavy (non-hydrogen) atoms. The SMILES string of the molecule is NC(NC(N)C1CC=Cc2c1sc1ccccc21)c1ccccc1. The van der Waals surface area contributed by atoms with Gasteiger partial charge in [-0.2, -0.15) is 0 Å². The summed E-state index contributed by atoms with van der Waals surface area (Å²) in [5.74, 6) is 0.247. The Kier molecular flexibility index (Phi) is 4.21. The molecule has 1 heterocycles. The van der Waals surface area contributed by atoms with Gasteiger partial charge in [-0.3, -0.25) is 5.32 Å². The number of thiophene rings is 1. The van der Waals surface area contributed by atoms with Crippen molar-refractivity contribution in [3.05, 3.63) is 76.7 Å². The molecule has 3 atom stereocenters. The second-order valence-corrected chi connectivity index (χ2v) is 7.29. The number of fused-ring (bicyclic) bond motifs is 3. The lowest BCUT2D eigenvalue weighted by atomic mass is 9.90.